The Morgan fingerprint density at radius 2 is 0.762 bits per heavy atom. The van der Waals surface area contributed by atoms with Gasteiger partial charge < -0.3 is 4.74 Å². The molecule has 0 aliphatic heterocycles. The molecule has 0 aromatic carbocycles. The van der Waals surface area contributed by atoms with Crippen LogP contribution in [0.4, 0.5) is 4.39 Å². The standard InChI is InChI=1S/C13H27FO.6CH4/c1-10(2,3)12(7,8)15-13(9,14)11(4,5)6;;;;;;/h1-9H3;6*1H4. The number of hydrogen-bond donors (Lipinski definition) is 0. The number of ether oxygens (including phenoxy) is 1. The quantitative estimate of drug-likeness (QED) is 0.497. The molecule has 1 atom stereocenters. The average molecular weight is 315 g/mol. The van der Waals surface area contributed by atoms with Crippen LogP contribution in [0.1, 0.15) is 107 Å². The van der Waals surface area contributed by atoms with E-state index in [4.69, 9.17) is 4.74 Å². The van der Waals surface area contributed by atoms with Crippen LogP contribution in [0.15, 0.2) is 0 Å². The Bertz CT molecular complexity index is 193. The smallest absolute Gasteiger partial charge is 0.211 e. The number of alkyl halides is 1. The summed E-state index contributed by atoms with van der Waals surface area (Å²) in [6.45, 7) is 17.1. The number of hydrogen-bond acceptors (Lipinski definition) is 1. The summed E-state index contributed by atoms with van der Waals surface area (Å²) in [6.07, 6.45) is 0. The molecule has 0 heterocycles. The minimum atomic E-state index is -1.62. The summed E-state index contributed by atoms with van der Waals surface area (Å²) >= 11 is 0. The molecule has 0 saturated carbocycles. The predicted molar refractivity (Wildman–Crippen MR) is 104 cm³/mol. The zero-order chi connectivity index (χ0) is 12.7. The van der Waals surface area contributed by atoms with Crippen molar-refractivity contribution in [3.05, 3.63) is 0 Å². The molecule has 0 aromatic rings. The number of halogens is 1. The van der Waals surface area contributed by atoms with E-state index in [2.05, 4.69) is 20.8 Å². The van der Waals surface area contributed by atoms with Crippen molar-refractivity contribution >= 4 is 0 Å². The van der Waals surface area contributed by atoms with E-state index in [9.17, 15) is 4.39 Å². The third-order valence-corrected chi connectivity index (χ3v) is 3.59. The predicted octanol–water partition coefficient (Wildman–Crippen LogP) is 8.38. The van der Waals surface area contributed by atoms with E-state index in [1.54, 1.807) is 0 Å². The molecule has 0 aliphatic rings. The van der Waals surface area contributed by atoms with Gasteiger partial charge in [-0.05, 0) is 26.2 Å². The van der Waals surface area contributed by atoms with Crippen molar-refractivity contribution in [2.45, 2.75) is 118 Å². The summed E-state index contributed by atoms with van der Waals surface area (Å²) in [5, 5.41) is 0. The van der Waals surface area contributed by atoms with Crippen LogP contribution in [-0.4, -0.2) is 11.5 Å². The molecule has 21 heavy (non-hydrogen) atoms. The van der Waals surface area contributed by atoms with Crippen molar-refractivity contribution in [1.82, 2.24) is 0 Å². The fourth-order valence-electron chi connectivity index (χ4n) is 0.785. The molecular weight excluding hydrogens is 263 g/mol. The monoisotopic (exact) mass is 314 g/mol. The first-order valence-corrected chi connectivity index (χ1v) is 5.60. The van der Waals surface area contributed by atoms with E-state index < -0.39 is 16.9 Å². The van der Waals surface area contributed by atoms with Crippen molar-refractivity contribution in [2.75, 3.05) is 0 Å². The van der Waals surface area contributed by atoms with E-state index in [1.807, 2.05) is 34.6 Å². The van der Waals surface area contributed by atoms with Gasteiger partial charge in [-0.2, -0.15) is 0 Å². The Kier molecular flexibility index (Phi) is 23.4. The Hall–Kier alpha value is -0.110. The highest BCUT2D eigenvalue weighted by molar-refractivity contribution is 4.89. The van der Waals surface area contributed by atoms with Crippen molar-refractivity contribution in [1.29, 1.82) is 0 Å². The van der Waals surface area contributed by atoms with E-state index >= 15 is 0 Å². The van der Waals surface area contributed by atoms with E-state index in [0.717, 1.165) is 0 Å². The van der Waals surface area contributed by atoms with Gasteiger partial charge in [0.05, 0.1) is 5.60 Å². The summed E-state index contributed by atoms with van der Waals surface area (Å²) in [7, 11) is 0. The molecule has 0 saturated heterocycles. The third-order valence-electron chi connectivity index (χ3n) is 3.59. The van der Waals surface area contributed by atoms with Crippen LogP contribution in [0.3, 0.4) is 0 Å². The molecule has 2 heteroatoms. The molecule has 140 valence electrons. The van der Waals surface area contributed by atoms with Crippen LogP contribution in [0.5, 0.6) is 0 Å². The zero-order valence-electron chi connectivity index (χ0n) is 11.8. The normalized spacial score (nSPS) is 13.4. The first-order valence-electron chi connectivity index (χ1n) is 5.60. The summed E-state index contributed by atoms with van der Waals surface area (Å²) in [4.78, 5) is 0. The molecule has 1 unspecified atom stereocenters. The molecular formula is C19H51FO. The van der Waals surface area contributed by atoms with Crippen molar-refractivity contribution in [2.24, 2.45) is 10.8 Å². The van der Waals surface area contributed by atoms with Gasteiger partial charge in [0.25, 0.3) is 0 Å². The molecule has 1 nitrogen and oxygen atoms in total. The van der Waals surface area contributed by atoms with Crippen molar-refractivity contribution in [3.8, 4) is 0 Å². The van der Waals surface area contributed by atoms with Gasteiger partial charge in [0.1, 0.15) is 0 Å². The fourth-order valence-corrected chi connectivity index (χ4v) is 0.785. The molecule has 0 bridgehead atoms. The lowest BCUT2D eigenvalue weighted by atomic mass is 9.78. The first kappa shape index (κ1) is 42.8. The largest absolute Gasteiger partial charge is 0.339 e. The molecule has 0 aliphatic carbocycles. The molecule has 0 N–H and O–H groups in total. The highest BCUT2D eigenvalue weighted by atomic mass is 19.2. The van der Waals surface area contributed by atoms with Crippen LogP contribution < -0.4 is 0 Å². The summed E-state index contributed by atoms with van der Waals surface area (Å²) in [6, 6.07) is 0. The SMILES string of the molecule is C.C.C.C.C.C.CC(C)(C)C(C)(C)OC(C)(F)C(C)(C)C. The summed E-state index contributed by atoms with van der Waals surface area (Å²) in [5.41, 5.74) is -1.11. The molecule has 0 spiro atoms. The topological polar surface area (TPSA) is 9.23 Å². The minimum absolute atomic E-state index is 0. The van der Waals surface area contributed by atoms with Gasteiger partial charge in [-0.3, -0.25) is 0 Å². The average Bonchev–Trinajstić information content (AvgIpc) is 1.77. The van der Waals surface area contributed by atoms with Crippen LogP contribution >= 0.6 is 0 Å². The van der Waals surface area contributed by atoms with E-state index in [1.165, 1.54) is 6.92 Å². The van der Waals surface area contributed by atoms with Gasteiger partial charge in [-0.25, -0.2) is 4.39 Å². The van der Waals surface area contributed by atoms with E-state index in [0.29, 0.717) is 0 Å². The Balaban J connectivity index is -0.0000000653. The second-order valence-corrected chi connectivity index (χ2v) is 7.03. The van der Waals surface area contributed by atoms with Crippen LogP contribution in [0, 0.1) is 10.8 Å². The maximum absolute atomic E-state index is 14.4. The maximum atomic E-state index is 14.4. The van der Waals surface area contributed by atoms with Gasteiger partial charge in [-0.1, -0.05) is 86.1 Å². The Labute approximate surface area is 139 Å². The van der Waals surface area contributed by atoms with Crippen LogP contribution in [-0.2, 0) is 4.74 Å². The van der Waals surface area contributed by atoms with Gasteiger partial charge in [0.15, 0.2) is 0 Å². The molecule has 0 fully saturated rings. The summed E-state index contributed by atoms with van der Waals surface area (Å²) in [5.74, 6) is -1.62. The second-order valence-electron chi connectivity index (χ2n) is 7.03. The van der Waals surface area contributed by atoms with Crippen molar-refractivity contribution in [3.63, 3.8) is 0 Å². The lowest BCUT2D eigenvalue weighted by Gasteiger charge is -2.46. The van der Waals surface area contributed by atoms with Gasteiger partial charge in [0.2, 0.25) is 5.85 Å². The molecule has 0 amide bonds. The third kappa shape index (κ3) is 11.2. The fraction of sp³-hybridized carbons (Fsp3) is 1.00. The molecule has 0 aromatic heterocycles. The van der Waals surface area contributed by atoms with Gasteiger partial charge in [0, 0.05) is 5.41 Å². The zero-order valence-corrected chi connectivity index (χ0v) is 11.8. The first-order chi connectivity index (χ1) is 6.21. The lowest BCUT2D eigenvalue weighted by Crippen LogP contribution is -2.50. The minimum Gasteiger partial charge on any atom is -0.339 e. The highest BCUT2D eigenvalue weighted by Gasteiger charge is 2.46. The Morgan fingerprint density at radius 1 is 0.524 bits per heavy atom. The summed E-state index contributed by atoms with van der Waals surface area (Å²) < 4.78 is 20.1. The van der Waals surface area contributed by atoms with E-state index in [-0.39, 0.29) is 50.0 Å². The van der Waals surface area contributed by atoms with Gasteiger partial charge >= 0.3 is 0 Å². The van der Waals surface area contributed by atoms with Crippen LogP contribution in [0.25, 0.3) is 0 Å². The van der Waals surface area contributed by atoms with Crippen molar-refractivity contribution < 1.29 is 9.13 Å². The molecule has 0 radical (unpaired) electrons. The maximum Gasteiger partial charge on any atom is 0.211 e. The molecule has 0 rings (SSSR count). The van der Waals surface area contributed by atoms with Crippen LogP contribution in [0.2, 0.25) is 0 Å². The Morgan fingerprint density at radius 3 is 0.905 bits per heavy atom. The highest BCUT2D eigenvalue weighted by Crippen LogP contribution is 2.43. The van der Waals surface area contributed by atoms with Gasteiger partial charge in [-0.15, -0.1) is 0 Å². The number of rotatable bonds is 2. The lowest BCUT2D eigenvalue weighted by molar-refractivity contribution is -0.274. The second kappa shape index (κ2) is 11.5.